The van der Waals surface area contributed by atoms with Gasteiger partial charge in [0.2, 0.25) is 0 Å². The monoisotopic (exact) mass is 282 g/mol. The molecule has 1 N–H and O–H groups in total. The average molecular weight is 283 g/mol. The number of nitrogens with zero attached hydrogens (tertiary/aromatic N) is 1. The molecule has 20 heavy (non-hydrogen) atoms. The number of nitrogens with one attached hydrogen (secondary N) is 1. The Morgan fingerprint density at radius 2 is 1.90 bits per heavy atom. The summed E-state index contributed by atoms with van der Waals surface area (Å²) >= 11 is 0. The van der Waals surface area contributed by atoms with Crippen molar-refractivity contribution in [3.63, 3.8) is 0 Å². The van der Waals surface area contributed by atoms with Crippen LogP contribution in [0, 0.1) is 11.8 Å². The van der Waals surface area contributed by atoms with E-state index in [4.69, 9.17) is 0 Å². The van der Waals surface area contributed by atoms with Crippen LogP contribution in [0.25, 0.3) is 0 Å². The summed E-state index contributed by atoms with van der Waals surface area (Å²) in [5, 5.41) is 3.86. The quantitative estimate of drug-likeness (QED) is 0.678. The highest BCUT2D eigenvalue weighted by Crippen LogP contribution is 2.20. The lowest BCUT2D eigenvalue weighted by Gasteiger charge is -2.37. The van der Waals surface area contributed by atoms with E-state index in [-0.39, 0.29) is 0 Å². The van der Waals surface area contributed by atoms with Crippen molar-refractivity contribution < 1.29 is 0 Å². The predicted octanol–water partition coefficient (Wildman–Crippen LogP) is 4.30. The Kier molecular flexibility index (Phi) is 8.79. The van der Waals surface area contributed by atoms with Gasteiger partial charge in [0.25, 0.3) is 0 Å². The molecule has 0 bridgehead atoms. The Morgan fingerprint density at radius 3 is 2.55 bits per heavy atom. The molecule has 1 rings (SSSR count). The largest absolute Gasteiger partial charge is 0.311 e. The van der Waals surface area contributed by atoms with Gasteiger partial charge >= 0.3 is 0 Å². The minimum absolute atomic E-state index is 0.670. The molecule has 0 aromatic rings. The highest BCUT2D eigenvalue weighted by molar-refractivity contribution is 4.81. The molecular formula is C18H38N2. The zero-order chi connectivity index (χ0) is 15.0. The Morgan fingerprint density at radius 1 is 1.15 bits per heavy atom. The maximum Gasteiger partial charge on any atom is 0.00816 e. The maximum atomic E-state index is 3.86. The first-order chi connectivity index (χ1) is 9.52. The lowest BCUT2D eigenvalue weighted by atomic mass is 9.90. The molecule has 0 aromatic carbocycles. The van der Waals surface area contributed by atoms with E-state index in [1.165, 1.54) is 58.2 Å². The average Bonchev–Trinajstić information content (AvgIpc) is 2.39. The van der Waals surface area contributed by atoms with Crippen molar-refractivity contribution in [3.8, 4) is 0 Å². The van der Waals surface area contributed by atoms with Crippen LogP contribution in [0.15, 0.2) is 0 Å². The van der Waals surface area contributed by atoms with E-state index in [2.05, 4.69) is 44.8 Å². The summed E-state index contributed by atoms with van der Waals surface area (Å²) in [4.78, 5) is 2.66. The summed E-state index contributed by atoms with van der Waals surface area (Å²) in [6.45, 7) is 15.6. The lowest BCUT2D eigenvalue weighted by molar-refractivity contribution is 0.146. The van der Waals surface area contributed by atoms with E-state index in [0.29, 0.717) is 12.1 Å². The molecule has 2 heteroatoms. The van der Waals surface area contributed by atoms with Crippen molar-refractivity contribution in [2.24, 2.45) is 11.8 Å². The molecule has 120 valence electrons. The van der Waals surface area contributed by atoms with Gasteiger partial charge in [-0.05, 0) is 64.5 Å². The van der Waals surface area contributed by atoms with E-state index < -0.39 is 0 Å². The molecule has 0 aromatic heterocycles. The summed E-state index contributed by atoms with van der Waals surface area (Å²) in [5.41, 5.74) is 0. The molecule has 3 atom stereocenters. The normalized spacial score (nSPS) is 24.0. The topological polar surface area (TPSA) is 15.3 Å². The smallest absolute Gasteiger partial charge is 0.00816 e. The molecule has 0 aliphatic carbocycles. The van der Waals surface area contributed by atoms with Gasteiger partial charge in [-0.25, -0.2) is 0 Å². The molecule has 0 amide bonds. The third-order valence-electron chi connectivity index (χ3n) is 4.75. The van der Waals surface area contributed by atoms with Crippen molar-refractivity contribution in [2.75, 3.05) is 19.6 Å². The SMILES string of the molecule is CCCN1CCCC(C(C)NC(C)CCCC(C)C)C1. The van der Waals surface area contributed by atoms with Crippen LogP contribution in [-0.4, -0.2) is 36.6 Å². The van der Waals surface area contributed by atoms with Crippen molar-refractivity contribution in [1.82, 2.24) is 10.2 Å². The second kappa shape index (κ2) is 9.78. The van der Waals surface area contributed by atoms with Crippen molar-refractivity contribution in [2.45, 2.75) is 85.2 Å². The maximum absolute atomic E-state index is 3.86. The minimum Gasteiger partial charge on any atom is -0.311 e. The van der Waals surface area contributed by atoms with Crippen molar-refractivity contribution >= 4 is 0 Å². The van der Waals surface area contributed by atoms with Crippen LogP contribution in [0.4, 0.5) is 0 Å². The van der Waals surface area contributed by atoms with Gasteiger partial charge in [-0.3, -0.25) is 0 Å². The van der Waals surface area contributed by atoms with Gasteiger partial charge in [0.1, 0.15) is 0 Å². The van der Waals surface area contributed by atoms with Crippen LogP contribution < -0.4 is 5.32 Å². The van der Waals surface area contributed by atoms with Gasteiger partial charge in [0.05, 0.1) is 0 Å². The van der Waals surface area contributed by atoms with Crippen LogP contribution in [0.2, 0.25) is 0 Å². The number of rotatable bonds is 9. The highest BCUT2D eigenvalue weighted by Gasteiger charge is 2.24. The molecule has 0 radical (unpaired) electrons. The van der Waals surface area contributed by atoms with E-state index in [1.54, 1.807) is 0 Å². The van der Waals surface area contributed by atoms with Crippen LogP contribution in [0.5, 0.6) is 0 Å². The Balaban J connectivity index is 2.24. The summed E-state index contributed by atoms with van der Waals surface area (Å²) in [7, 11) is 0. The summed E-state index contributed by atoms with van der Waals surface area (Å²) < 4.78 is 0. The Labute approximate surface area is 127 Å². The molecule has 1 heterocycles. The van der Waals surface area contributed by atoms with Crippen LogP contribution in [0.1, 0.15) is 73.1 Å². The second-order valence-electron chi connectivity index (χ2n) is 7.38. The van der Waals surface area contributed by atoms with Crippen LogP contribution in [0.3, 0.4) is 0 Å². The highest BCUT2D eigenvalue weighted by atomic mass is 15.1. The molecule has 0 spiro atoms. The first-order valence-corrected chi connectivity index (χ1v) is 9.01. The number of likely N-dealkylation sites (tertiary alicyclic amines) is 1. The first kappa shape index (κ1) is 18.0. The summed E-state index contributed by atoms with van der Waals surface area (Å²) in [6.07, 6.45) is 8.15. The van der Waals surface area contributed by atoms with Gasteiger partial charge < -0.3 is 10.2 Å². The summed E-state index contributed by atoms with van der Waals surface area (Å²) in [5.74, 6) is 1.70. The number of piperidine rings is 1. The minimum atomic E-state index is 0.670. The fourth-order valence-corrected chi connectivity index (χ4v) is 3.52. The number of hydrogen-bond donors (Lipinski definition) is 1. The van der Waals surface area contributed by atoms with Gasteiger partial charge in [-0.2, -0.15) is 0 Å². The predicted molar refractivity (Wildman–Crippen MR) is 90.2 cm³/mol. The molecule has 1 fully saturated rings. The Bertz CT molecular complexity index is 238. The lowest BCUT2D eigenvalue weighted by Crippen LogP contribution is -2.47. The summed E-state index contributed by atoms with van der Waals surface area (Å²) in [6, 6.07) is 1.34. The van der Waals surface area contributed by atoms with Crippen molar-refractivity contribution in [3.05, 3.63) is 0 Å². The van der Waals surface area contributed by atoms with Crippen LogP contribution >= 0.6 is 0 Å². The van der Waals surface area contributed by atoms with Gasteiger partial charge in [-0.1, -0.05) is 33.6 Å². The first-order valence-electron chi connectivity index (χ1n) is 9.01. The molecular weight excluding hydrogens is 244 g/mol. The van der Waals surface area contributed by atoms with E-state index in [1.807, 2.05) is 0 Å². The number of hydrogen-bond acceptors (Lipinski definition) is 2. The van der Waals surface area contributed by atoms with Crippen molar-refractivity contribution in [1.29, 1.82) is 0 Å². The van der Waals surface area contributed by atoms with Gasteiger partial charge in [0.15, 0.2) is 0 Å². The fourth-order valence-electron chi connectivity index (χ4n) is 3.52. The van der Waals surface area contributed by atoms with E-state index in [0.717, 1.165) is 11.8 Å². The molecule has 1 saturated heterocycles. The van der Waals surface area contributed by atoms with Crippen LogP contribution in [-0.2, 0) is 0 Å². The zero-order valence-electron chi connectivity index (χ0n) is 14.6. The zero-order valence-corrected chi connectivity index (χ0v) is 14.6. The molecule has 3 unspecified atom stereocenters. The molecule has 0 saturated carbocycles. The molecule has 1 aliphatic heterocycles. The third-order valence-corrected chi connectivity index (χ3v) is 4.75. The van der Waals surface area contributed by atoms with Gasteiger partial charge in [-0.15, -0.1) is 0 Å². The fraction of sp³-hybridized carbons (Fsp3) is 1.00. The van der Waals surface area contributed by atoms with E-state index >= 15 is 0 Å². The standard InChI is InChI=1S/C18H38N2/c1-6-12-20-13-8-11-18(14-20)17(5)19-16(4)10-7-9-15(2)3/h15-19H,6-14H2,1-5H3. The second-order valence-corrected chi connectivity index (χ2v) is 7.38. The molecule has 2 nitrogen and oxygen atoms in total. The van der Waals surface area contributed by atoms with E-state index in [9.17, 15) is 0 Å². The van der Waals surface area contributed by atoms with Gasteiger partial charge in [0, 0.05) is 18.6 Å². The Hall–Kier alpha value is -0.0800. The third kappa shape index (κ3) is 7.08. The molecule has 1 aliphatic rings.